The fourth-order valence-electron chi connectivity index (χ4n) is 3.64. The Kier molecular flexibility index (Phi) is 6.72. The number of hydrogen-bond donors (Lipinski definition) is 1. The highest BCUT2D eigenvalue weighted by Crippen LogP contribution is 2.44. The van der Waals surface area contributed by atoms with Gasteiger partial charge in [-0.05, 0) is 22.3 Å². The van der Waals surface area contributed by atoms with Crippen molar-refractivity contribution < 1.29 is 24.2 Å². The molecule has 0 fully saturated rings. The Morgan fingerprint density at radius 3 is 1.97 bits per heavy atom. The second-order valence-electron chi connectivity index (χ2n) is 7.43. The number of fused-ring (bicyclic) bond motifs is 3. The molecule has 0 atom stereocenters. The molecule has 2 aromatic carbocycles. The lowest BCUT2D eigenvalue weighted by atomic mass is 9.98. The zero-order valence-electron chi connectivity index (χ0n) is 17.2. The van der Waals surface area contributed by atoms with Crippen molar-refractivity contribution in [1.29, 1.82) is 0 Å². The molecule has 158 valence electrons. The zero-order chi connectivity index (χ0) is 21.7. The van der Waals surface area contributed by atoms with Crippen LogP contribution in [0, 0.1) is 0 Å². The Labute approximate surface area is 175 Å². The van der Waals surface area contributed by atoms with Crippen LogP contribution >= 0.6 is 0 Å². The SMILES string of the molecule is CN(CCC(=O)O)C(=O)CCN(C)C(=O)OCC1c2ccccc2-c2ccccc21. The lowest BCUT2D eigenvalue weighted by molar-refractivity contribution is -0.138. The molecule has 7 nitrogen and oxygen atoms in total. The summed E-state index contributed by atoms with van der Waals surface area (Å²) < 4.78 is 5.56. The van der Waals surface area contributed by atoms with Gasteiger partial charge >= 0.3 is 12.1 Å². The van der Waals surface area contributed by atoms with E-state index in [0.717, 1.165) is 22.3 Å². The first-order valence-corrected chi connectivity index (χ1v) is 9.90. The number of rotatable bonds is 8. The number of nitrogens with zero attached hydrogens (tertiary/aromatic N) is 2. The van der Waals surface area contributed by atoms with Gasteiger partial charge in [0.05, 0.1) is 6.42 Å². The maximum Gasteiger partial charge on any atom is 0.409 e. The predicted octanol–water partition coefficient (Wildman–Crippen LogP) is 3.19. The highest BCUT2D eigenvalue weighted by Gasteiger charge is 2.29. The lowest BCUT2D eigenvalue weighted by Crippen LogP contribution is -2.35. The van der Waals surface area contributed by atoms with Gasteiger partial charge in [-0.15, -0.1) is 0 Å². The topological polar surface area (TPSA) is 87.2 Å². The van der Waals surface area contributed by atoms with Crippen LogP contribution in [0.25, 0.3) is 11.1 Å². The van der Waals surface area contributed by atoms with Gasteiger partial charge in [-0.2, -0.15) is 0 Å². The zero-order valence-corrected chi connectivity index (χ0v) is 17.2. The molecule has 0 spiro atoms. The molecule has 1 aliphatic rings. The fourth-order valence-corrected chi connectivity index (χ4v) is 3.64. The summed E-state index contributed by atoms with van der Waals surface area (Å²) in [6.45, 7) is 0.569. The third-order valence-electron chi connectivity index (χ3n) is 5.40. The minimum atomic E-state index is -0.953. The number of aliphatic carboxylic acids is 1. The van der Waals surface area contributed by atoms with E-state index in [1.165, 1.54) is 9.80 Å². The van der Waals surface area contributed by atoms with Crippen molar-refractivity contribution in [2.75, 3.05) is 33.8 Å². The van der Waals surface area contributed by atoms with Crippen molar-refractivity contribution in [3.05, 3.63) is 59.7 Å². The van der Waals surface area contributed by atoms with Gasteiger partial charge < -0.3 is 19.6 Å². The van der Waals surface area contributed by atoms with E-state index in [1.54, 1.807) is 14.1 Å². The summed E-state index contributed by atoms with van der Waals surface area (Å²) in [7, 11) is 3.14. The molecule has 3 rings (SSSR count). The molecular formula is C23H26N2O5. The highest BCUT2D eigenvalue weighted by molar-refractivity contribution is 5.79. The molecule has 1 aliphatic carbocycles. The lowest BCUT2D eigenvalue weighted by Gasteiger charge is -2.21. The first-order chi connectivity index (χ1) is 14.4. The number of hydrogen-bond acceptors (Lipinski definition) is 4. The molecule has 7 heteroatoms. The molecule has 2 aromatic rings. The van der Waals surface area contributed by atoms with Crippen LogP contribution in [-0.2, 0) is 14.3 Å². The van der Waals surface area contributed by atoms with Crippen molar-refractivity contribution in [1.82, 2.24) is 9.80 Å². The van der Waals surface area contributed by atoms with E-state index in [0.29, 0.717) is 0 Å². The summed E-state index contributed by atoms with van der Waals surface area (Å²) in [5, 5.41) is 8.70. The van der Waals surface area contributed by atoms with Crippen LogP contribution < -0.4 is 0 Å². The van der Waals surface area contributed by atoms with Crippen LogP contribution in [0.15, 0.2) is 48.5 Å². The molecule has 0 saturated heterocycles. The largest absolute Gasteiger partial charge is 0.481 e. The summed E-state index contributed by atoms with van der Waals surface area (Å²) in [6.07, 6.45) is -0.487. The van der Waals surface area contributed by atoms with Crippen molar-refractivity contribution >= 4 is 18.0 Å². The minimum Gasteiger partial charge on any atom is -0.481 e. The summed E-state index contributed by atoms with van der Waals surface area (Å²) in [5.74, 6) is -1.18. The molecule has 0 aromatic heterocycles. The Balaban J connectivity index is 1.53. The number of benzene rings is 2. The minimum absolute atomic E-state index is 0.0152. The number of carbonyl (C=O) groups excluding carboxylic acids is 2. The van der Waals surface area contributed by atoms with Gasteiger partial charge in [0, 0.05) is 39.5 Å². The molecule has 0 heterocycles. The van der Waals surface area contributed by atoms with Gasteiger partial charge in [0.15, 0.2) is 0 Å². The summed E-state index contributed by atoms with van der Waals surface area (Å²) >= 11 is 0. The second kappa shape index (κ2) is 9.43. The van der Waals surface area contributed by atoms with Crippen molar-refractivity contribution in [3.8, 4) is 11.1 Å². The smallest absolute Gasteiger partial charge is 0.409 e. The second-order valence-corrected chi connectivity index (χ2v) is 7.43. The van der Waals surface area contributed by atoms with Crippen LogP contribution in [0.4, 0.5) is 4.79 Å². The van der Waals surface area contributed by atoms with E-state index >= 15 is 0 Å². The monoisotopic (exact) mass is 410 g/mol. The third-order valence-corrected chi connectivity index (χ3v) is 5.40. The van der Waals surface area contributed by atoms with Crippen LogP contribution in [0.2, 0.25) is 0 Å². The van der Waals surface area contributed by atoms with Crippen LogP contribution in [0.5, 0.6) is 0 Å². The molecule has 1 N–H and O–H groups in total. The highest BCUT2D eigenvalue weighted by atomic mass is 16.6. The van der Waals surface area contributed by atoms with Gasteiger partial charge in [0.2, 0.25) is 5.91 Å². The Hall–Kier alpha value is -3.35. The van der Waals surface area contributed by atoms with Crippen LogP contribution in [0.1, 0.15) is 29.9 Å². The van der Waals surface area contributed by atoms with E-state index in [4.69, 9.17) is 9.84 Å². The molecule has 0 radical (unpaired) electrons. The van der Waals surface area contributed by atoms with Gasteiger partial charge in [-0.25, -0.2) is 4.79 Å². The molecule has 0 unspecified atom stereocenters. The summed E-state index contributed by atoms with van der Waals surface area (Å²) in [5.41, 5.74) is 4.61. The number of ether oxygens (including phenoxy) is 1. The third kappa shape index (κ3) is 4.79. The van der Waals surface area contributed by atoms with Crippen molar-refractivity contribution in [2.45, 2.75) is 18.8 Å². The normalized spacial score (nSPS) is 12.1. The van der Waals surface area contributed by atoms with Crippen molar-refractivity contribution in [3.63, 3.8) is 0 Å². The van der Waals surface area contributed by atoms with Gasteiger partial charge in [-0.1, -0.05) is 48.5 Å². The van der Waals surface area contributed by atoms with Crippen LogP contribution in [0.3, 0.4) is 0 Å². The number of carbonyl (C=O) groups is 3. The maximum atomic E-state index is 12.4. The molecule has 0 aliphatic heterocycles. The first-order valence-electron chi connectivity index (χ1n) is 9.90. The van der Waals surface area contributed by atoms with E-state index in [-0.39, 0.29) is 44.4 Å². The standard InChI is InChI=1S/C23H26N2O5/c1-24(14-12-22(27)28)21(26)11-13-25(2)23(29)30-15-20-18-9-5-3-7-16(18)17-8-4-6-10-19(17)20/h3-10,20H,11-15H2,1-2H3,(H,27,28). The van der Waals surface area contributed by atoms with E-state index in [1.807, 2.05) is 24.3 Å². The Morgan fingerprint density at radius 2 is 1.40 bits per heavy atom. The average molecular weight is 410 g/mol. The molecule has 0 bridgehead atoms. The number of carboxylic acid groups (broad SMARTS) is 1. The maximum absolute atomic E-state index is 12.4. The predicted molar refractivity (Wildman–Crippen MR) is 112 cm³/mol. The average Bonchev–Trinajstić information content (AvgIpc) is 3.07. The Bertz CT molecular complexity index is 897. The fraction of sp³-hybridized carbons (Fsp3) is 0.348. The molecule has 0 saturated carbocycles. The van der Waals surface area contributed by atoms with Gasteiger partial charge in [-0.3, -0.25) is 9.59 Å². The molecule has 30 heavy (non-hydrogen) atoms. The van der Waals surface area contributed by atoms with Gasteiger partial charge in [0.1, 0.15) is 6.61 Å². The summed E-state index contributed by atoms with van der Waals surface area (Å²) in [6, 6.07) is 16.2. The van der Waals surface area contributed by atoms with Crippen molar-refractivity contribution in [2.24, 2.45) is 0 Å². The first kappa shape index (κ1) is 21.4. The number of amides is 2. The van der Waals surface area contributed by atoms with E-state index < -0.39 is 12.1 Å². The Morgan fingerprint density at radius 1 is 0.867 bits per heavy atom. The van der Waals surface area contributed by atoms with Gasteiger partial charge in [0.25, 0.3) is 0 Å². The van der Waals surface area contributed by atoms with E-state index in [9.17, 15) is 14.4 Å². The summed E-state index contributed by atoms with van der Waals surface area (Å²) in [4.78, 5) is 37.8. The van der Waals surface area contributed by atoms with E-state index in [2.05, 4.69) is 24.3 Å². The molecule has 2 amide bonds. The number of carboxylic acids is 1. The van der Waals surface area contributed by atoms with Crippen LogP contribution in [-0.4, -0.2) is 66.7 Å². The quantitative estimate of drug-likeness (QED) is 0.722. The molecular weight excluding hydrogens is 384 g/mol.